The summed E-state index contributed by atoms with van der Waals surface area (Å²) in [4.78, 5) is 22.8. The molecule has 22 heavy (non-hydrogen) atoms. The van der Waals surface area contributed by atoms with Crippen LogP contribution in [0.1, 0.15) is 32.1 Å². The molecule has 0 aromatic rings. The van der Waals surface area contributed by atoms with Crippen LogP contribution in [0.2, 0.25) is 0 Å². The van der Waals surface area contributed by atoms with Crippen molar-refractivity contribution in [1.29, 1.82) is 0 Å². The van der Waals surface area contributed by atoms with Crippen LogP contribution in [0, 0.1) is 16.0 Å². The van der Waals surface area contributed by atoms with Gasteiger partial charge in [-0.3, -0.25) is 20.3 Å². The van der Waals surface area contributed by atoms with E-state index in [-0.39, 0.29) is 33.5 Å². The fourth-order valence-electron chi connectivity index (χ4n) is 2.91. The number of nitro groups is 1. The Labute approximate surface area is 143 Å². The van der Waals surface area contributed by atoms with E-state index < -0.39 is 6.04 Å². The van der Waals surface area contributed by atoms with Crippen LogP contribution >= 0.6 is 22.6 Å². The van der Waals surface area contributed by atoms with Gasteiger partial charge in [0.05, 0.1) is 12.0 Å². The third kappa shape index (κ3) is 5.28. The standard InChI is InChI=1S/C13H23IN4O4/c14-12-4-3-9(18(20)21)6-11(12)13(19)17-16-8-22-10-2-1-5-15-7-10/h9-12,15-16H,1-8H2,(H,17,19). The quantitative estimate of drug-likeness (QED) is 0.143. The summed E-state index contributed by atoms with van der Waals surface area (Å²) in [6.45, 7) is 2.11. The first-order valence-electron chi connectivity index (χ1n) is 7.70. The lowest BCUT2D eigenvalue weighted by molar-refractivity contribution is -0.527. The minimum atomic E-state index is -0.605. The Hall–Kier alpha value is -0.520. The minimum Gasteiger partial charge on any atom is -0.360 e. The first kappa shape index (κ1) is 17.8. The second-order valence-electron chi connectivity index (χ2n) is 5.82. The summed E-state index contributed by atoms with van der Waals surface area (Å²) in [7, 11) is 0. The fourth-order valence-corrected chi connectivity index (χ4v) is 3.89. The number of hydrogen-bond donors (Lipinski definition) is 3. The maximum atomic E-state index is 12.2. The smallest absolute Gasteiger partial charge is 0.238 e. The van der Waals surface area contributed by atoms with Crippen LogP contribution in [0.15, 0.2) is 0 Å². The van der Waals surface area contributed by atoms with E-state index in [1.54, 1.807) is 0 Å². The number of rotatable bonds is 6. The zero-order valence-electron chi connectivity index (χ0n) is 12.4. The molecule has 1 aliphatic carbocycles. The van der Waals surface area contributed by atoms with E-state index in [0.29, 0.717) is 19.3 Å². The summed E-state index contributed by atoms with van der Waals surface area (Å²) in [6, 6.07) is -0.605. The molecule has 4 atom stereocenters. The molecule has 0 aromatic heterocycles. The Kier molecular flexibility index (Phi) is 7.25. The Morgan fingerprint density at radius 2 is 2.23 bits per heavy atom. The molecule has 0 radical (unpaired) electrons. The van der Waals surface area contributed by atoms with E-state index in [4.69, 9.17) is 4.74 Å². The van der Waals surface area contributed by atoms with Gasteiger partial charge >= 0.3 is 0 Å². The topological polar surface area (TPSA) is 106 Å². The monoisotopic (exact) mass is 426 g/mol. The van der Waals surface area contributed by atoms with Crippen molar-refractivity contribution in [2.24, 2.45) is 5.92 Å². The van der Waals surface area contributed by atoms with Crippen molar-refractivity contribution >= 4 is 28.5 Å². The maximum Gasteiger partial charge on any atom is 0.238 e. The van der Waals surface area contributed by atoms with Gasteiger partial charge in [-0.15, -0.1) is 0 Å². The van der Waals surface area contributed by atoms with Crippen LogP contribution < -0.4 is 16.2 Å². The Morgan fingerprint density at radius 3 is 2.91 bits per heavy atom. The summed E-state index contributed by atoms with van der Waals surface area (Å²) in [6.07, 6.45) is 3.85. The number of hydrazine groups is 1. The average Bonchev–Trinajstić information content (AvgIpc) is 2.52. The number of amides is 1. The number of nitrogens with one attached hydrogen (secondary N) is 3. The van der Waals surface area contributed by atoms with E-state index in [1.807, 2.05) is 0 Å². The molecular formula is C13H23IN4O4. The van der Waals surface area contributed by atoms with Gasteiger partial charge in [0.15, 0.2) is 0 Å². The van der Waals surface area contributed by atoms with Crippen LogP contribution in [0.5, 0.6) is 0 Å². The Balaban J connectivity index is 1.68. The second-order valence-corrected chi connectivity index (χ2v) is 7.42. The zero-order chi connectivity index (χ0) is 15.9. The van der Waals surface area contributed by atoms with Crippen molar-refractivity contribution in [1.82, 2.24) is 16.2 Å². The van der Waals surface area contributed by atoms with Crippen LogP contribution in [-0.2, 0) is 9.53 Å². The van der Waals surface area contributed by atoms with Gasteiger partial charge in [-0.2, -0.15) is 0 Å². The molecule has 2 rings (SSSR count). The molecule has 1 saturated heterocycles. The van der Waals surface area contributed by atoms with Gasteiger partial charge in [0, 0.05) is 28.2 Å². The highest BCUT2D eigenvalue weighted by Crippen LogP contribution is 2.31. The predicted molar refractivity (Wildman–Crippen MR) is 89.1 cm³/mol. The second kappa shape index (κ2) is 8.94. The number of piperidine rings is 1. The molecule has 8 nitrogen and oxygen atoms in total. The normalized spacial score (nSPS) is 32.4. The lowest BCUT2D eigenvalue weighted by Crippen LogP contribution is -2.48. The number of carbonyl (C=O) groups excluding carboxylic acids is 1. The lowest BCUT2D eigenvalue weighted by Gasteiger charge is -2.28. The molecule has 1 aliphatic heterocycles. The van der Waals surface area contributed by atoms with Crippen molar-refractivity contribution in [2.45, 2.75) is 48.2 Å². The van der Waals surface area contributed by atoms with E-state index in [2.05, 4.69) is 38.8 Å². The van der Waals surface area contributed by atoms with Gasteiger partial charge in [-0.1, -0.05) is 22.6 Å². The molecule has 0 aromatic carbocycles. The van der Waals surface area contributed by atoms with Crippen LogP contribution in [0.25, 0.3) is 0 Å². The molecule has 0 spiro atoms. The van der Waals surface area contributed by atoms with Crippen molar-refractivity contribution in [3.8, 4) is 0 Å². The molecule has 126 valence electrons. The first-order valence-corrected chi connectivity index (χ1v) is 8.95. The van der Waals surface area contributed by atoms with Gasteiger partial charge in [-0.05, 0) is 25.8 Å². The molecule has 3 N–H and O–H groups in total. The highest BCUT2D eigenvalue weighted by atomic mass is 127. The summed E-state index contributed by atoms with van der Waals surface area (Å²) < 4.78 is 5.75. The highest BCUT2D eigenvalue weighted by molar-refractivity contribution is 14.1. The molecule has 2 fully saturated rings. The summed E-state index contributed by atoms with van der Waals surface area (Å²) in [5.74, 6) is -0.509. The number of carbonyl (C=O) groups is 1. The van der Waals surface area contributed by atoms with Gasteiger partial charge in [0.1, 0.15) is 6.73 Å². The lowest BCUT2D eigenvalue weighted by atomic mass is 9.85. The molecule has 0 bridgehead atoms. The minimum absolute atomic E-state index is 0.138. The Bertz CT molecular complexity index is 392. The van der Waals surface area contributed by atoms with E-state index >= 15 is 0 Å². The molecule has 1 heterocycles. The average molecular weight is 426 g/mol. The molecule has 2 aliphatic rings. The third-order valence-corrected chi connectivity index (χ3v) is 5.72. The fraction of sp³-hybridized carbons (Fsp3) is 0.923. The molecule has 1 amide bonds. The summed E-state index contributed by atoms with van der Waals surface area (Å²) >= 11 is 2.21. The molecule has 4 unspecified atom stereocenters. The number of nitrogens with zero attached hydrogens (tertiary/aromatic N) is 1. The van der Waals surface area contributed by atoms with Gasteiger partial charge in [0.25, 0.3) is 0 Å². The van der Waals surface area contributed by atoms with E-state index in [9.17, 15) is 14.9 Å². The van der Waals surface area contributed by atoms with E-state index in [1.165, 1.54) is 0 Å². The van der Waals surface area contributed by atoms with Crippen LogP contribution in [-0.4, -0.2) is 46.7 Å². The number of alkyl halides is 1. The Morgan fingerprint density at radius 1 is 1.41 bits per heavy atom. The van der Waals surface area contributed by atoms with Gasteiger partial charge < -0.3 is 10.1 Å². The highest BCUT2D eigenvalue weighted by Gasteiger charge is 2.38. The van der Waals surface area contributed by atoms with Crippen LogP contribution in [0.4, 0.5) is 0 Å². The van der Waals surface area contributed by atoms with Gasteiger partial charge in [-0.25, -0.2) is 5.43 Å². The van der Waals surface area contributed by atoms with Gasteiger partial charge in [0.2, 0.25) is 11.9 Å². The van der Waals surface area contributed by atoms with Crippen molar-refractivity contribution in [3.63, 3.8) is 0 Å². The third-order valence-electron chi connectivity index (χ3n) is 4.23. The van der Waals surface area contributed by atoms with Crippen molar-refractivity contribution in [3.05, 3.63) is 10.1 Å². The molecular weight excluding hydrogens is 403 g/mol. The number of hydrogen-bond acceptors (Lipinski definition) is 6. The van der Waals surface area contributed by atoms with Crippen LogP contribution in [0.3, 0.4) is 0 Å². The maximum absolute atomic E-state index is 12.2. The molecule has 1 saturated carbocycles. The number of ether oxygens (including phenoxy) is 1. The summed E-state index contributed by atoms with van der Waals surface area (Å²) in [5, 5.41) is 14.1. The molecule has 9 heteroatoms. The first-order chi connectivity index (χ1) is 10.6. The SMILES string of the molecule is O=C(NNCOC1CCCNC1)C1CC([N+](=O)[O-])CCC1I. The summed E-state index contributed by atoms with van der Waals surface area (Å²) in [5.41, 5.74) is 5.39. The number of halogens is 1. The van der Waals surface area contributed by atoms with E-state index in [0.717, 1.165) is 25.9 Å². The van der Waals surface area contributed by atoms with Crippen molar-refractivity contribution < 1.29 is 14.5 Å². The zero-order valence-corrected chi connectivity index (χ0v) is 14.6. The predicted octanol–water partition coefficient (Wildman–Crippen LogP) is 0.582. The van der Waals surface area contributed by atoms with Crippen molar-refractivity contribution in [2.75, 3.05) is 19.8 Å². The largest absolute Gasteiger partial charge is 0.360 e.